The minimum atomic E-state index is -3.80. The lowest BCUT2D eigenvalue weighted by Gasteiger charge is -2.21. The van der Waals surface area contributed by atoms with E-state index in [4.69, 9.17) is 10.2 Å². The van der Waals surface area contributed by atoms with Gasteiger partial charge in [0, 0.05) is 22.1 Å². The summed E-state index contributed by atoms with van der Waals surface area (Å²) in [6.45, 7) is 3.32. The van der Waals surface area contributed by atoms with Crippen molar-refractivity contribution in [1.29, 1.82) is 0 Å². The zero-order chi connectivity index (χ0) is 15.6. The summed E-state index contributed by atoms with van der Waals surface area (Å²) in [4.78, 5) is 10.9. The van der Waals surface area contributed by atoms with Gasteiger partial charge in [0.2, 0.25) is 10.0 Å². The van der Waals surface area contributed by atoms with Gasteiger partial charge in [-0.1, -0.05) is 13.8 Å². The molecular formula is C12H16INO5S. The first-order chi connectivity index (χ1) is 9.09. The summed E-state index contributed by atoms with van der Waals surface area (Å²) >= 11 is 1.83. The van der Waals surface area contributed by atoms with E-state index in [2.05, 4.69) is 4.72 Å². The largest absolute Gasteiger partial charge is 0.478 e. The van der Waals surface area contributed by atoms with Crippen molar-refractivity contribution in [3.05, 3.63) is 27.3 Å². The maximum absolute atomic E-state index is 12.1. The molecule has 112 valence electrons. The van der Waals surface area contributed by atoms with Crippen LogP contribution in [0, 0.1) is 8.99 Å². The van der Waals surface area contributed by atoms with Gasteiger partial charge < -0.3 is 10.2 Å². The number of carboxylic acid groups (broad SMARTS) is 1. The van der Waals surface area contributed by atoms with Crippen LogP contribution in [0.1, 0.15) is 24.2 Å². The summed E-state index contributed by atoms with van der Waals surface area (Å²) in [7, 11) is -3.80. The van der Waals surface area contributed by atoms with E-state index in [1.165, 1.54) is 12.1 Å². The first kappa shape index (κ1) is 17.3. The van der Waals surface area contributed by atoms with Crippen LogP contribution in [0.15, 0.2) is 23.1 Å². The number of benzene rings is 1. The lowest BCUT2D eigenvalue weighted by molar-refractivity contribution is 0.0695. The number of aliphatic hydroxyl groups excluding tert-OH is 1. The second kappa shape index (κ2) is 6.37. The Balaban J connectivity index is 3.05. The van der Waals surface area contributed by atoms with Gasteiger partial charge >= 0.3 is 5.97 Å². The van der Waals surface area contributed by atoms with Gasteiger partial charge in [0.15, 0.2) is 0 Å². The summed E-state index contributed by atoms with van der Waals surface area (Å²) in [6, 6.07) is 3.91. The first-order valence-electron chi connectivity index (χ1n) is 5.72. The fraction of sp³-hybridized carbons (Fsp3) is 0.417. The van der Waals surface area contributed by atoms with Crippen molar-refractivity contribution >= 4 is 38.6 Å². The quantitative estimate of drug-likeness (QED) is 0.610. The number of hydrogen-bond acceptors (Lipinski definition) is 4. The fourth-order valence-electron chi connectivity index (χ4n) is 1.27. The highest BCUT2D eigenvalue weighted by Crippen LogP contribution is 2.19. The van der Waals surface area contributed by atoms with Crippen molar-refractivity contribution in [2.75, 3.05) is 13.2 Å². The van der Waals surface area contributed by atoms with Crippen LogP contribution >= 0.6 is 22.6 Å². The summed E-state index contributed by atoms with van der Waals surface area (Å²) in [5, 5.41) is 18.1. The molecule has 6 nitrogen and oxygen atoms in total. The summed E-state index contributed by atoms with van der Waals surface area (Å²) in [5.74, 6) is -1.18. The van der Waals surface area contributed by atoms with Crippen LogP contribution in [0.3, 0.4) is 0 Å². The monoisotopic (exact) mass is 413 g/mol. The van der Waals surface area contributed by atoms with Crippen LogP contribution < -0.4 is 4.72 Å². The Labute approximate surface area is 131 Å². The van der Waals surface area contributed by atoms with Gasteiger partial charge in [-0.2, -0.15) is 0 Å². The fourth-order valence-corrected chi connectivity index (χ4v) is 3.10. The molecule has 0 atom stereocenters. The molecule has 0 bridgehead atoms. The van der Waals surface area contributed by atoms with E-state index >= 15 is 0 Å². The number of halogens is 1. The predicted octanol–water partition coefficient (Wildman–Crippen LogP) is 1.29. The highest BCUT2D eigenvalue weighted by atomic mass is 127. The van der Waals surface area contributed by atoms with Crippen molar-refractivity contribution in [2.45, 2.75) is 18.7 Å². The molecule has 0 unspecified atom stereocenters. The Morgan fingerprint density at radius 2 is 2.00 bits per heavy atom. The third kappa shape index (κ3) is 4.40. The van der Waals surface area contributed by atoms with Gasteiger partial charge in [0.25, 0.3) is 0 Å². The molecule has 1 rings (SSSR count). The molecule has 0 fully saturated rings. The molecule has 0 aliphatic heterocycles. The smallest absolute Gasteiger partial charge is 0.336 e. The van der Waals surface area contributed by atoms with Crippen molar-refractivity contribution in [1.82, 2.24) is 4.72 Å². The molecule has 1 aromatic carbocycles. The molecule has 20 heavy (non-hydrogen) atoms. The maximum Gasteiger partial charge on any atom is 0.336 e. The van der Waals surface area contributed by atoms with E-state index in [9.17, 15) is 13.2 Å². The first-order valence-corrected chi connectivity index (χ1v) is 8.29. The Hall–Kier alpha value is -0.710. The van der Waals surface area contributed by atoms with Gasteiger partial charge in [-0.25, -0.2) is 17.9 Å². The standard InChI is InChI=1S/C12H16INO5S/c1-12(2,7-15)6-14-20(18,19)8-3-4-10(13)9(5-8)11(16)17/h3-5,14-15H,6-7H2,1-2H3,(H,16,17). The van der Waals surface area contributed by atoms with Crippen LogP contribution in [-0.2, 0) is 10.0 Å². The maximum atomic E-state index is 12.1. The van der Waals surface area contributed by atoms with Crippen molar-refractivity contribution < 1.29 is 23.4 Å². The molecule has 3 N–H and O–H groups in total. The number of carboxylic acids is 1. The molecule has 0 amide bonds. The zero-order valence-electron chi connectivity index (χ0n) is 11.1. The molecule has 0 radical (unpaired) electrons. The molecule has 0 aliphatic rings. The van der Waals surface area contributed by atoms with Gasteiger partial charge in [-0.05, 0) is 40.8 Å². The number of aromatic carboxylic acids is 1. The molecule has 1 aromatic rings. The second-order valence-electron chi connectivity index (χ2n) is 5.09. The number of rotatable bonds is 6. The van der Waals surface area contributed by atoms with E-state index in [0.29, 0.717) is 3.57 Å². The van der Waals surface area contributed by atoms with Gasteiger partial charge in [0.1, 0.15) is 0 Å². The third-order valence-corrected chi connectivity index (χ3v) is 4.99. The summed E-state index contributed by atoms with van der Waals surface area (Å²) in [6.07, 6.45) is 0. The number of sulfonamides is 1. The Morgan fingerprint density at radius 1 is 1.40 bits per heavy atom. The average Bonchev–Trinajstić information content (AvgIpc) is 2.36. The van der Waals surface area contributed by atoms with E-state index in [1.54, 1.807) is 13.8 Å². The highest BCUT2D eigenvalue weighted by Gasteiger charge is 2.23. The van der Waals surface area contributed by atoms with Crippen molar-refractivity contribution in [3.63, 3.8) is 0 Å². The lowest BCUT2D eigenvalue weighted by atomic mass is 9.96. The number of nitrogens with one attached hydrogen (secondary N) is 1. The van der Waals surface area contributed by atoms with Gasteiger partial charge in [-0.3, -0.25) is 0 Å². The van der Waals surface area contributed by atoms with Gasteiger partial charge in [0.05, 0.1) is 10.5 Å². The third-order valence-electron chi connectivity index (χ3n) is 2.65. The van der Waals surface area contributed by atoms with E-state index in [1.807, 2.05) is 22.6 Å². The summed E-state index contributed by atoms with van der Waals surface area (Å²) < 4.78 is 27.0. The molecule has 0 spiro atoms. The van der Waals surface area contributed by atoms with E-state index in [-0.39, 0.29) is 23.6 Å². The molecule has 0 saturated heterocycles. The SMILES string of the molecule is CC(C)(CO)CNS(=O)(=O)c1ccc(I)c(C(=O)O)c1. The zero-order valence-corrected chi connectivity index (χ0v) is 14.0. The molecule has 0 aromatic heterocycles. The van der Waals surface area contributed by atoms with Crippen LogP contribution in [-0.4, -0.2) is 37.8 Å². The Morgan fingerprint density at radius 3 is 2.50 bits per heavy atom. The predicted molar refractivity (Wildman–Crippen MR) is 82.2 cm³/mol. The summed E-state index contributed by atoms with van der Waals surface area (Å²) in [5.41, 5.74) is -0.652. The normalized spacial score (nSPS) is 12.4. The van der Waals surface area contributed by atoms with Crippen molar-refractivity contribution in [3.8, 4) is 0 Å². The van der Waals surface area contributed by atoms with Gasteiger partial charge in [-0.15, -0.1) is 0 Å². The molecular weight excluding hydrogens is 397 g/mol. The Kier molecular flexibility index (Phi) is 5.53. The average molecular weight is 413 g/mol. The second-order valence-corrected chi connectivity index (χ2v) is 8.02. The van der Waals surface area contributed by atoms with Crippen LogP contribution in [0.25, 0.3) is 0 Å². The number of hydrogen-bond donors (Lipinski definition) is 3. The lowest BCUT2D eigenvalue weighted by Crippen LogP contribution is -2.36. The molecule has 8 heteroatoms. The number of aliphatic hydroxyl groups is 1. The van der Waals surface area contributed by atoms with Crippen LogP contribution in [0.2, 0.25) is 0 Å². The van der Waals surface area contributed by atoms with Crippen molar-refractivity contribution in [2.24, 2.45) is 5.41 Å². The highest BCUT2D eigenvalue weighted by molar-refractivity contribution is 14.1. The minimum absolute atomic E-state index is 0.0558. The molecule has 0 heterocycles. The topological polar surface area (TPSA) is 104 Å². The van der Waals surface area contributed by atoms with Crippen LogP contribution in [0.4, 0.5) is 0 Å². The van der Waals surface area contributed by atoms with E-state index in [0.717, 1.165) is 6.07 Å². The van der Waals surface area contributed by atoms with E-state index < -0.39 is 21.4 Å². The minimum Gasteiger partial charge on any atom is -0.478 e. The number of carbonyl (C=O) groups is 1. The van der Waals surface area contributed by atoms with Crippen LogP contribution in [0.5, 0.6) is 0 Å². The molecule has 0 aliphatic carbocycles. The Bertz CT molecular complexity index is 612. The molecule has 0 saturated carbocycles.